The number of aryl methyl sites for hydroxylation is 1. The van der Waals surface area contributed by atoms with E-state index in [0.717, 1.165) is 17.1 Å². The maximum atomic E-state index is 12.6. The van der Waals surface area contributed by atoms with Crippen LogP contribution < -0.4 is 10.1 Å². The SMILES string of the molecule is COc1cccc(C(=O)NCC(=O)OCC(=O)c2cc(C)n(-c3ccccc3)c2C)c1. The van der Waals surface area contributed by atoms with Gasteiger partial charge in [-0.25, -0.2) is 0 Å². The molecule has 3 rings (SSSR count). The molecule has 7 heteroatoms. The topological polar surface area (TPSA) is 86.6 Å². The van der Waals surface area contributed by atoms with Crippen molar-refractivity contribution in [3.8, 4) is 11.4 Å². The molecule has 2 aromatic carbocycles. The van der Waals surface area contributed by atoms with Gasteiger partial charge in [0.1, 0.15) is 12.3 Å². The van der Waals surface area contributed by atoms with Crippen molar-refractivity contribution in [1.29, 1.82) is 0 Å². The third-order valence-corrected chi connectivity index (χ3v) is 4.84. The molecule has 1 aromatic heterocycles. The number of hydrogen-bond donors (Lipinski definition) is 1. The quantitative estimate of drug-likeness (QED) is 0.447. The van der Waals surface area contributed by atoms with Crippen LogP contribution in [0.15, 0.2) is 60.7 Å². The van der Waals surface area contributed by atoms with Crippen LogP contribution in [0.2, 0.25) is 0 Å². The molecular formula is C24H24N2O5. The number of hydrogen-bond acceptors (Lipinski definition) is 5. The third kappa shape index (κ3) is 5.19. The summed E-state index contributed by atoms with van der Waals surface area (Å²) in [6.07, 6.45) is 0. The zero-order valence-corrected chi connectivity index (χ0v) is 17.7. The molecule has 1 heterocycles. The molecule has 7 nitrogen and oxygen atoms in total. The van der Waals surface area contributed by atoms with Crippen LogP contribution in [0.25, 0.3) is 5.69 Å². The summed E-state index contributed by atoms with van der Waals surface area (Å²) in [5.74, 6) is -0.897. The van der Waals surface area contributed by atoms with Crippen molar-refractivity contribution in [2.24, 2.45) is 0 Å². The Bertz CT molecular complexity index is 1100. The van der Waals surface area contributed by atoms with Gasteiger partial charge in [0.05, 0.1) is 7.11 Å². The summed E-state index contributed by atoms with van der Waals surface area (Å²) in [6, 6.07) is 18.0. The van der Waals surface area contributed by atoms with Gasteiger partial charge in [-0.15, -0.1) is 0 Å². The number of para-hydroxylation sites is 1. The Labute approximate surface area is 180 Å². The van der Waals surface area contributed by atoms with Gasteiger partial charge < -0.3 is 19.4 Å². The van der Waals surface area contributed by atoms with Crippen molar-refractivity contribution < 1.29 is 23.9 Å². The van der Waals surface area contributed by atoms with E-state index >= 15 is 0 Å². The largest absolute Gasteiger partial charge is 0.497 e. The van der Waals surface area contributed by atoms with E-state index in [1.807, 2.05) is 48.7 Å². The van der Waals surface area contributed by atoms with Gasteiger partial charge in [0.15, 0.2) is 6.61 Å². The van der Waals surface area contributed by atoms with E-state index in [9.17, 15) is 14.4 Å². The van der Waals surface area contributed by atoms with Crippen LogP contribution in [0.3, 0.4) is 0 Å². The van der Waals surface area contributed by atoms with Gasteiger partial charge in [0.25, 0.3) is 5.91 Å². The lowest BCUT2D eigenvalue weighted by Gasteiger charge is -2.10. The Kier molecular flexibility index (Phi) is 6.87. The Morgan fingerprint density at radius 2 is 1.71 bits per heavy atom. The minimum absolute atomic E-state index is 0.303. The highest BCUT2D eigenvalue weighted by Gasteiger charge is 2.18. The fraction of sp³-hybridized carbons (Fsp3) is 0.208. The van der Waals surface area contributed by atoms with Crippen LogP contribution in [-0.2, 0) is 9.53 Å². The van der Waals surface area contributed by atoms with Gasteiger partial charge in [0, 0.05) is 28.2 Å². The predicted molar refractivity (Wildman–Crippen MR) is 116 cm³/mol. The van der Waals surface area contributed by atoms with Gasteiger partial charge in [-0.2, -0.15) is 0 Å². The first-order valence-corrected chi connectivity index (χ1v) is 9.76. The number of amides is 1. The number of nitrogens with one attached hydrogen (secondary N) is 1. The number of nitrogens with zero attached hydrogens (tertiary/aromatic N) is 1. The molecule has 0 saturated heterocycles. The fourth-order valence-corrected chi connectivity index (χ4v) is 3.31. The first-order chi connectivity index (χ1) is 14.9. The number of ketones is 1. The minimum atomic E-state index is -0.693. The van der Waals surface area contributed by atoms with Gasteiger partial charge in [0.2, 0.25) is 5.78 Å². The molecule has 1 N–H and O–H groups in total. The zero-order chi connectivity index (χ0) is 22.4. The number of carbonyl (C=O) groups is 3. The Hall–Kier alpha value is -3.87. The second kappa shape index (κ2) is 9.75. The molecule has 1 amide bonds. The lowest BCUT2D eigenvalue weighted by molar-refractivity contribution is -0.141. The summed E-state index contributed by atoms with van der Waals surface area (Å²) in [5.41, 5.74) is 3.49. The second-order valence-corrected chi connectivity index (χ2v) is 6.95. The van der Waals surface area contributed by atoms with Crippen molar-refractivity contribution in [3.05, 3.63) is 83.2 Å². The smallest absolute Gasteiger partial charge is 0.325 e. The number of methoxy groups -OCH3 is 1. The maximum Gasteiger partial charge on any atom is 0.325 e. The van der Waals surface area contributed by atoms with E-state index in [4.69, 9.17) is 9.47 Å². The number of Topliss-reactive ketones (excluding diaryl/α,β-unsaturated/α-hetero) is 1. The van der Waals surface area contributed by atoms with Crippen molar-refractivity contribution in [2.75, 3.05) is 20.3 Å². The molecule has 0 aliphatic heterocycles. The number of benzene rings is 2. The standard InChI is InChI=1S/C24H24N2O5/c1-16-12-21(17(2)26(16)19-9-5-4-6-10-19)22(27)15-31-23(28)14-25-24(29)18-8-7-11-20(13-18)30-3/h4-13H,14-15H2,1-3H3,(H,25,29). The highest BCUT2D eigenvalue weighted by atomic mass is 16.5. The van der Waals surface area contributed by atoms with Crippen molar-refractivity contribution in [2.45, 2.75) is 13.8 Å². The van der Waals surface area contributed by atoms with Crippen LogP contribution in [0.5, 0.6) is 5.75 Å². The van der Waals surface area contributed by atoms with Gasteiger partial charge in [-0.05, 0) is 50.2 Å². The Morgan fingerprint density at radius 1 is 0.968 bits per heavy atom. The van der Waals surface area contributed by atoms with Gasteiger partial charge >= 0.3 is 5.97 Å². The molecule has 31 heavy (non-hydrogen) atoms. The van der Waals surface area contributed by atoms with E-state index in [2.05, 4.69) is 5.32 Å². The summed E-state index contributed by atoms with van der Waals surface area (Å²) in [4.78, 5) is 36.8. The number of carbonyl (C=O) groups excluding carboxylic acids is 3. The molecule has 0 spiro atoms. The molecular weight excluding hydrogens is 396 g/mol. The highest BCUT2D eigenvalue weighted by Crippen LogP contribution is 2.21. The van der Waals surface area contributed by atoms with Crippen LogP contribution in [-0.4, -0.2) is 42.5 Å². The molecule has 0 aliphatic rings. The predicted octanol–water partition coefficient (Wildman–Crippen LogP) is 3.26. The maximum absolute atomic E-state index is 12.6. The van der Waals surface area contributed by atoms with E-state index in [1.165, 1.54) is 7.11 Å². The zero-order valence-electron chi connectivity index (χ0n) is 17.7. The Balaban J connectivity index is 1.56. The van der Waals surface area contributed by atoms with Crippen LogP contribution >= 0.6 is 0 Å². The number of aromatic nitrogens is 1. The van der Waals surface area contributed by atoms with Crippen molar-refractivity contribution in [3.63, 3.8) is 0 Å². The lowest BCUT2D eigenvalue weighted by atomic mass is 10.1. The van der Waals surface area contributed by atoms with Crippen LogP contribution in [0, 0.1) is 13.8 Å². The van der Waals surface area contributed by atoms with E-state index in [-0.39, 0.29) is 12.3 Å². The summed E-state index contributed by atoms with van der Waals surface area (Å²) >= 11 is 0. The van der Waals surface area contributed by atoms with Crippen molar-refractivity contribution >= 4 is 17.7 Å². The normalized spacial score (nSPS) is 10.4. The summed E-state index contributed by atoms with van der Waals surface area (Å²) < 4.78 is 12.1. The molecule has 160 valence electrons. The van der Waals surface area contributed by atoms with Gasteiger partial charge in [-0.1, -0.05) is 24.3 Å². The Morgan fingerprint density at radius 3 is 2.42 bits per heavy atom. The third-order valence-electron chi connectivity index (χ3n) is 4.84. The van der Waals surface area contributed by atoms with Crippen LogP contribution in [0.4, 0.5) is 0 Å². The molecule has 0 aliphatic carbocycles. The van der Waals surface area contributed by atoms with Crippen LogP contribution in [0.1, 0.15) is 32.1 Å². The van der Waals surface area contributed by atoms with E-state index in [1.54, 1.807) is 30.3 Å². The first-order valence-electron chi connectivity index (χ1n) is 9.76. The summed E-state index contributed by atoms with van der Waals surface area (Å²) in [6.45, 7) is 3.03. The molecule has 0 saturated carbocycles. The molecule has 0 bridgehead atoms. The molecule has 0 radical (unpaired) electrons. The first kappa shape index (κ1) is 21.8. The average molecular weight is 420 g/mol. The molecule has 3 aromatic rings. The lowest BCUT2D eigenvalue weighted by Crippen LogP contribution is -2.31. The molecule has 0 unspecified atom stereocenters. The number of ether oxygens (including phenoxy) is 2. The summed E-state index contributed by atoms with van der Waals surface area (Å²) in [5, 5.41) is 2.48. The monoisotopic (exact) mass is 420 g/mol. The number of rotatable bonds is 8. The second-order valence-electron chi connectivity index (χ2n) is 6.95. The highest BCUT2D eigenvalue weighted by molar-refractivity contribution is 6.00. The van der Waals surface area contributed by atoms with Gasteiger partial charge in [-0.3, -0.25) is 14.4 Å². The molecule has 0 fully saturated rings. The summed E-state index contributed by atoms with van der Waals surface area (Å²) in [7, 11) is 1.50. The van der Waals surface area contributed by atoms with E-state index < -0.39 is 18.5 Å². The minimum Gasteiger partial charge on any atom is -0.497 e. The molecule has 0 atom stereocenters. The average Bonchev–Trinajstić information content (AvgIpc) is 3.10. The fourth-order valence-electron chi connectivity index (χ4n) is 3.31. The number of esters is 1. The van der Waals surface area contributed by atoms with Crippen molar-refractivity contribution in [1.82, 2.24) is 9.88 Å². The van der Waals surface area contributed by atoms with E-state index in [0.29, 0.717) is 16.9 Å².